The van der Waals surface area contributed by atoms with Crippen LogP contribution in [-0.4, -0.2) is 40.0 Å². The van der Waals surface area contributed by atoms with Gasteiger partial charge in [0.1, 0.15) is 12.2 Å². The molecule has 1 aliphatic heterocycles. The van der Waals surface area contributed by atoms with E-state index in [1.807, 2.05) is 43.0 Å². The number of halogens is 2. The molecule has 1 saturated heterocycles. The molecule has 3 aromatic rings. The van der Waals surface area contributed by atoms with Crippen LogP contribution in [-0.2, 0) is 0 Å². The van der Waals surface area contributed by atoms with Crippen LogP contribution < -0.4 is 4.74 Å². The summed E-state index contributed by atoms with van der Waals surface area (Å²) < 4.78 is 6.12. The highest BCUT2D eigenvalue weighted by atomic mass is 35.5. The zero-order valence-corrected chi connectivity index (χ0v) is 19.7. The Morgan fingerprint density at radius 1 is 1.12 bits per heavy atom. The molecule has 4 rings (SSSR count). The third-order valence-corrected chi connectivity index (χ3v) is 6.70. The van der Waals surface area contributed by atoms with Crippen LogP contribution in [0.5, 0.6) is 5.88 Å². The van der Waals surface area contributed by atoms with Crippen molar-refractivity contribution in [2.24, 2.45) is 5.92 Å². The minimum atomic E-state index is -0.251. The highest BCUT2D eigenvalue weighted by molar-refractivity contribution is 6.42. The summed E-state index contributed by atoms with van der Waals surface area (Å²) in [6, 6.07) is 14.6. The van der Waals surface area contributed by atoms with Crippen LogP contribution in [0.15, 0.2) is 54.9 Å². The van der Waals surface area contributed by atoms with E-state index in [9.17, 15) is 4.79 Å². The molecule has 0 saturated carbocycles. The average Bonchev–Trinajstić information content (AvgIpc) is 3.27. The molecule has 6 nitrogen and oxygen atoms in total. The number of rotatable bonds is 5. The lowest BCUT2D eigenvalue weighted by Crippen LogP contribution is -2.32. The van der Waals surface area contributed by atoms with E-state index in [0.717, 1.165) is 11.3 Å². The lowest BCUT2D eigenvalue weighted by Gasteiger charge is -2.25. The number of carbonyl (C=O) groups is 1. The van der Waals surface area contributed by atoms with Crippen LogP contribution in [0.1, 0.15) is 40.0 Å². The van der Waals surface area contributed by atoms with E-state index in [1.54, 1.807) is 30.5 Å². The van der Waals surface area contributed by atoms with Gasteiger partial charge in [-0.2, -0.15) is 5.26 Å². The Hall–Kier alpha value is -3.14. The predicted octanol–water partition coefficient (Wildman–Crippen LogP) is 5.29. The molecule has 1 unspecified atom stereocenters. The molecule has 1 aliphatic rings. The lowest BCUT2D eigenvalue weighted by atomic mass is 9.86. The van der Waals surface area contributed by atoms with E-state index < -0.39 is 0 Å². The third kappa shape index (κ3) is 5.11. The average molecular weight is 481 g/mol. The van der Waals surface area contributed by atoms with Crippen molar-refractivity contribution in [1.82, 2.24) is 14.9 Å². The first-order valence-corrected chi connectivity index (χ1v) is 11.3. The third-order valence-electron chi connectivity index (χ3n) is 5.96. The van der Waals surface area contributed by atoms with E-state index in [2.05, 4.69) is 9.97 Å². The highest BCUT2D eigenvalue weighted by Crippen LogP contribution is 2.38. The van der Waals surface area contributed by atoms with Crippen molar-refractivity contribution in [1.29, 1.82) is 5.26 Å². The van der Waals surface area contributed by atoms with Crippen molar-refractivity contribution >= 4 is 29.1 Å². The molecule has 0 radical (unpaired) electrons. The second-order valence-corrected chi connectivity index (χ2v) is 8.98. The molecule has 3 atom stereocenters. The summed E-state index contributed by atoms with van der Waals surface area (Å²) in [7, 11) is 0. The van der Waals surface area contributed by atoms with Gasteiger partial charge in [0.2, 0.25) is 5.88 Å². The smallest absolute Gasteiger partial charge is 0.255 e. The van der Waals surface area contributed by atoms with Gasteiger partial charge >= 0.3 is 0 Å². The van der Waals surface area contributed by atoms with Gasteiger partial charge in [-0.25, -0.2) is 4.98 Å². The number of nitriles is 1. The quantitative estimate of drug-likeness (QED) is 0.495. The summed E-state index contributed by atoms with van der Waals surface area (Å²) in [6.07, 6.45) is 2.84. The SMILES string of the molecule is Cc1ccc(C(=O)N2CC([C@H](C)Oc3ccc(C#N)cn3)[C@@H](c3ccc(Cl)c(Cl)c3)C2)cn1. The summed E-state index contributed by atoms with van der Waals surface area (Å²) in [5.41, 5.74) is 2.87. The van der Waals surface area contributed by atoms with Crippen molar-refractivity contribution in [2.75, 3.05) is 13.1 Å². The summed E-state index contributed by atoms with van der Waals surface area (Å²) in [4.78, 5) is 23.5. The van der Waals surface area contributed by atoms with Crippen LogP contribution in [0.3, 0.4) is 0 Å². The molecule has 0 N–H and O–H groups in total. The van der Waals surface area contributed by atoms with Gasteiger partial charge in [0.25, 0.3) is 5.91 Å². The number of likely N-dealkylation sites (tertiary alicyclic amines) is 1. The maximum atomic E-state index is 13.2. The van der Waals surface area contributed by atoms with Crippen molar-refractivity contribution in [3.63, 3.8) is 0 Å². The normalized spacial score (nSPS) is 18.6. The summed E-state index contributed by atoms with van der Waals surface area (Å²) >= 11 is 12.4. The van der Waals surface area contributed by atoms with Gasteiger partial charge < -0.3 is 9.64 Å². The highest BCUT2D eigenvalue weighted by Gasteiger charge is 2.40. The van der Waals surface area contributed by atoms with Gasteiger partial charge in [0.15, 0.2) is 0 Å². The van der Waals surface area contributed by atoms with Gasteiger partial charge in [-0.1, -0.05) is 29.3 Å². The number of pyridine rings is 2. The minimum absolute atomic E-state index is 0.00416. The van der Waals surface area contributed by atoms with Crippen molar-refractivity contribution < 1.29 is 9.53 Å². The molecule has 8 heteroatoms. The second-order valence-electron chi connectivity index (χ2n) is 8.16. The van der Waals surface area contributed by atoms with Gasteiger partial charge in [-0.3, -0.25) is 9.78 Å². The number of benzene rings is 1. The first kappa shape index (κ1) is 23.0. The topological polar surface area (TPSA) is 79.1 Å². The number of hydrogen-bond donors (Lipinski definition) is 0. The number of ether oxygens (including phenoxy) is 1. The Morgan fingerprint density at radius 3 is 2.58 bits per heavy atom. The Morgan fingerprint density at radius 2 is 1.94 bits per heavy atom. The summed E-state index contributed by atoms with van der Waals surface area (Å²) in [6.45, 7) is 4.88. The number of amides is 1. The lowest BCUT2D eigenvalue weighted by molar-refractivity contribution is 0.0769. The molecule has 1 amide bonds. The first-order chi connectivity index (χ1) is 15.9. The fraction of sp³-hybridized carbons (Fsp3) is 0.280. The number of aryl methyl sites for hydroxylation is 1. The standard InChI is InChI=1S/C25H22Cl2N4O2/c1-15-3-5-19(12-29-15)25(32)31-13-20(16(2)33-24-8-4-17(10-28)11-30-24)21(14-31)18-6-7-22(26)23(27)9-18/h3-9,11-12,16,20-21H,13-14H2,1-2H3/t16-,20?,21+/m0/s1. The molecule has 3 heterocycles. The van der Waals surface area contributed by atoms with Crippen LogP contribution in [0.4, 0.5) is 0 Å². The Labute approximate surface area is 202 Å². The molecule has 0 spiro atoms. The fourth-order valence-corrected chi connectivity index (χ4v) is 4.44. The van der Waals surface area contributed by atoms with Gasteiger partial charge in [-0.05, 0) is 49.7 Å². The Balaban J connectivity index is 1.60. The van der Waals surface area contributed by atoms with E-state index in [-0.39, 0.29) is 23.8 Å². The molecule has 33 heavy (non-hydrogen) atoms. The van der Waals surface area contributed by atoms with Gasteiger partial charge in [0.05, 0.1) is 21.2 Å². The van der Waals surface area contributed by atoms with Gasteiger partial charge in [-0.15, -0.1) is 0 Å². The zero-order valence-electron chi connectivity index (χ0n) is 18.2. The molecule has 168 valence electrons. The zero-order chi connectivity index (χ0) is 23.5. The van der Waals surface area contributed by atoms with E-state index in [4.69, 9.17) is 33.2 Å². The maximum absolute atomic E-state index is 13.2. The Bertz CT molecular complexity index is 1190. The summed E-state index contributed by atoms with van der Waals surface area (Å²) in [5.74, 6) is 0.346. The molecule has 1 aromatic carbocycles. The number of nitrogens with zero attached hydrogens (tertiary/aromatic N) is 4. The van der Waals surface area contributed by atoms with Crippen LogP contribution >= 0.6 is 23.2 Å². The van der Waals surface area contributed by atoms with Crippen LogP contribution in [0.2, 0.25) is 10.0 Å². The number of hydrogen-bond acceptors (Lipinski definition) is 5. The monoisotopic (exact) mass is 480 g/mol. The van der Waals surface area contributed by atoms with Crippen molar-refractivity contribution in [3.05, 3.63) is 87.3 Å². The molecule has 1 fully saturated rings. The van der Waals surface area contributed by atoms with Crippen molar-refractivity contribution in [3.8, 4) is 11.9 Å². The number of aromatic nitrogens is 2. The fourth-order valence-electron chi connectivity index (χ4n) is 4.14. The summed E-state index contributed by atoms with van der Waals surface area (Å²) in [5, 5.41) is 9.94. The van der Waals surface area contributed by atoms with E-state index >= 15 is 0 Å². The minimum Gasteiger partial charge on any atom is -0.474 e. The van der Waals surface area contributed by atoms with Crippen LogP contribution in [0, 0.1) is 24.2 Å². The van der Waals surface area contributed by atoms with Gasteiger partial charge in [0, 0.05) is 49.1 Å². The molecule has 0 aliphatic carbocycles. The maximum Gasteiger partial charge on any atom is 0.255 e. The first-order valence-electron chi connectivity index (χ1n) is 10.6. The molecule has 0 bridgehead atoms. The second kappa shape index (κ2) is 9.78. The number of carbonyl (C=O) groups excluding carboxylic acids is 1. The predicted molar refractivity (Wildman–Crippen MR) is 127 cm³/mol. The molecule has 2 aromatic heterocycles. The van der Waals surface area contributed by atoms with E-state index in [1.165, 1.54) is 6.20 Å². The van der Waals surface area contributed by atoms with Crippen molar-refractivity contribution in [2.45, 2.75) is 25.9 Å². The molecular formula is C25H22Cl2N4O2. The molecular weight excluding hydrogens is 459 g/mol. The Kier molecular flexibility index (Phi) is 6.83. The van der Waals surface area contributed by atoms with E-state index in [0.29, 0.717) is 40.1 Å². The van der Waals surface area contributed by atoms with Crippen LogP contribution in [0.25, 0.3) is 0 Å². The largest absolute Gasteiger partial charge is 0.474 e.